The van der Waals surface area contributed by atoms with Crippen LogP contribution in [0.25, 0.3) is 21.9 Å². The lowest BCUT2D eigenvalue weighted by molar-refractivity contribution is 0.174. The molecule has 0 radical (unpaired) electrons. The van der Waals surface area contributed by atoms with Gasteiger partial charge < -0.3 is 29.2 Å². The fourth-order valence-corrected chi connectivity index (χ4v) is 4.74. The molecule has 33 heavy (non-hydrogen) atoms. The molecule has 0 saturated heterocycles. The Bertz CT molecular complexity index is 1380. The second-order valence-electron chi connectivity index (χ2n) is 7.88. The van der Waals surface area contributed by atoms with Crippen LogP contribution < -0.4 is 29.2 Å². The van der Waals surface area contributed by atoms with Gasteiger partial charge in [-0.15, -0.1) is 0 Å². The molecule has 3 heterocycles. The van der Waals surface area contributed by atoms with Gasteiger partial charge in [0.25, 0.3) is 0 Å². The smallest absolute Gasteiger partial charge is 0.231 e. The standard InChI is InChI=1S/C25H22N4O4/c1-29-22-16(6-5-14-11-19-20(12-17(14)22)33-13-32-19)15-7-8-18(30-2)23(31-3)21(15)24(29)28-25-26-9-4-10-27-25/h4-12,24H,13H2,1-3H3,(H,26,27,28). The van der Waals surface area contributed by atoms with Gasteiger partial charge in [-0.3, -0.25) is 0 Å². The first kappa shape index (κ1) is 19.5. The van der Waals surface area contributed by atoms with E-state index in [-0.39, 0.29) is 13.0 Å². The van der Waals surface area contributed by atoms with E-state index in [0.29, 0.717) is 17.4 Å². The second kappa shape index (κ2) is 7.44. The highest BCUT2D eigenvalue weighted by molar-refractivity contribution is 6.05. The second-order valence-corrected chi connectivity index (χ2v) is 7.88. The third-order valence-electron chi connectivity index (χ3n) is 6.20. The zero-order chi connectivity index (χ0) is 22.5. The topological polar surface area (TPSA) is 78.0 Å². The summed E-state index contributed by atoms with van der Waals surface area (Å²) in [7, 11) is 5.35. The highest BCUT2D eigenvalue weighted by Crippen LogP contribution is 2.53. The summed E-state index contributed by atoms with van der Waals surface area (Å²) in [6, 6.07) is 14.1. The molecule has 0 spiro atoms. The average molecular weight is 442 g/mol. The number of anilines is 2. The van der Waals surface area contributed by atoms with Crippen LogP contribution in [0.3, 0.4) is 0 Å². The molecule has 4 aromatic rings. The Kier molecular flexibility index (Phi) is 4.39. The summed E-state index contributed by atoms with van der Waals surface area (Å²) >= 11 is 0. The number of nitrogens with zero attached hydrogens (tertiary/aromatic N) is 3. The summed E-state index contributed by atoms with van der Waals surface area (Å²) < 4.78 is 22.7. The van der Waals surface area contributed by atoms with Gasteiger partial charge in [-0.05, 0) is 41.3 Å². The Hall–Kier alpha value is -4.20. The molecule has 8 nitrogen and oxygen atoms in total. The molecule has 166 valence electrons. The van der Waals surface area contributed by atoms with Gasteiger partial charge in [0, 0.05) is 36.0 Å². The van der Waals surface area contributed by atoms with Gasteiger partial charge in [-0.2, -0.15) is 0 Å². The molecule has 1 unspecified atom stereocenters. The van der Waals surface area contributed by atoms with Crippen molar-refractivity contribution in [3.05, 3.63) is 60.4 Å². The van der Waals surface area contributed by atoms with E-state index < -0.39 is 0 Å². The maximum absolute atomic E-state index is 5.84. The number of hydrogen-bond donors (Lipinski definition) is 1. The first-order valence-corrected chi connectivity index (χ1v) is 10.6. The van der Waals surface area contributed by atoms with Crippen molar-refractivity contribution in [2.75, 3.05) is 38.3 Å². The first-order valence-electron chi connectivity index (χ1n) is 10.6. The van der Waals surface area contributed by atoms with Crippen LogP contribution in [0, 0.1) is 0 Å². The summed E-state index contributed by atoms with van der Waals surface area (Å²) in [4.78, 5) is 11.0. The maximum atomic E-state index is 5.84. The fraction of sp³-hybridized carbons (Fsp3) is 0.200. The molecule has 0 bridgehead atoms. The molecular weight excluding hydrogens is 420 g/mol. The highest BCUT2D eigenvalue weighted by atomic mass is 16.7. The lowest BCUT2D eigenvalue weighted by Crippen LogP contribution is -2.34. The van der Waals surface area contributed by atoms with Gasteiger partial charge in [0.15, 0.2) is 23.0 Å². The molecule has 8 heteroatoms. The molecule has 0 amide bonds. The molecule has 0 saturated carbocycles. The van der Waals surface area contributed by atoms with Gasteiger partial charge in [0.1, 0.15) is 6.17 Å². The van der Waals surface area contributed by atoms with E-state index in [1.54, 1.807) is 32.7 Å². The molecule has 0 fully saturated rings. The van der Waals surface area contributed by atoms with Crippen LogP contribution in [0.15, 0.2) is 54.9 Å². The minimum Gasteiger partial charge on any atom is -0.493 e. The van der Waals surface area contributed by atoms with E-state index >= 15 is 0 Å². The summed E-state index contributed by atoms with van der Waals surface area (Å²) in [6.45, 7) is 0.235. The van der Waals surface area contributed by atoms with E-state index in [1.807, 2.05) is 19.2 Å². The van der Waals surface area contributed by atoms with Gasteiger partial charge in [-0.1, -0.05) is 12.1 Å². The van der Waals surface area contributed by atoms with Crippen LogP contribution in [0.2, 0.25) is 0 Å². The van der Waals surface area contributed by atoms with Crippen LogP contribution in [0.1, 0.15) is 11.7 Å². The van der Waals surface area contributed by atoms with Crippen LogP contribution in [-0.2, 0) is 0 Å². The van der Waals surface area contributed by atoms with Crippen molar-refractivity contribution in [2.24, 2.45) is 0 Å². The van der Waals surface area contributed by atoms with E-state index in [4.69, 9.17) is 18.9 Å². The van der Waals surface area contributed by atoms with Crippen molar-refractivity contribution >= 4 is 22.4 Å². The third-order valence-corrected chi connectivity index (χ3v) is 6.20. The third kappa shape index (κ3) is 2.91. The van der Waals surface area contributed by atoms with Crippen molar-refractivity contribution in [3.63, 3.8) is 0 Å². The first-order chi connectivity index (χ1) is 16.2. The Morgan fingerprint density at radius 3 is 2.48 bits per heavy atom. The molecule has 6 rings (SSSR count). The Morgan fingerprint density at radius 2 is 1.73 bits per heavy atom. The van der Waals surface area contributed by atoms with E-state index in [9.17, 15) is 0 Å². The largest absolute Gasteiger partial charge is 0.493 e. The summed E-state index contributed by atoms with van der Waals surface area (Å²) in [5.74, 6) is 3.37. The van der Waals surface area contributed by atoms with Crippen molar-refractivity contribution < 1.29 is 18.9 Å². The highest BCUT2D eigenvalue weighted by Gasteiger charge is 2.35. The van der Waals surface area contributed by atoms with Crippen molar-refractivity contribution in [1.82, 2.24) is 9.97 Å². The molecule has 1 N–H and O–H groups in total. The number of ether oxygens (including phenoxy) is 4. The predicted molar refractivity (Wildman–Crippen MR) is 125 cm³/mol. The fourth-order valence-electron chi connectivity index (χ4n) is 4.74. The summed E-state index contributed by atoms with van der Waals surface area (Å²) in [5.41, 5.74) is 4.17. The van der Waals surface area contributed by atoms with E-state index in [1.165, 1.54) is 0 Å². The number of benzene rings is 3. The minimum atomic E-state index is -0.309. The zero-order valence-electron chi connectivity index (χ0n) is 18.5. The number of fused-ring (bicyclic) bond motifs is 6. The zero-order valence-corrected chi connectivity index (χ0v) is 18.5. The quantitative estimate of drug-likeness (QED) is 0.491. The molecule has 2 aliphatic rings. The van der Waals surface area contributed by atoms with Crippen molar-refractivity contribution in [2.45, 2.75) is 6.17 Å². The lowest BCUT2D eigenvalue weighted by atomic mass is 9.88. The lowest BCUT2D eigenvalue weighted by Gasteiger charge is -2.39. The predicted octanol–water partition coefficient (Wildman–Crippen LogP) is 4.60. The molecule has 1 aromatic heterocycles. The van der Waals surface area contributed by atoms with Crippen LogP contribution in [-0.4, -0.2) is 38.0 Å². The van der Waals surface area contributed by atoms with E-state index in [0.717, 1.165) is 44.6 Å². The van der Waals surface area contributed by atoms with Gasteiger partial charge >= 0.3 is 0 Å². The Morgan fingerprint density at radius 1 is 0.970 bits per heavy atom. The normalized spacial score (nSPS) is 15.7. The minimum absolute atomic E-state index is 0.235. The van der Waals surface area contributed by atoms with Crippen molar-refractivity contribution in [3.8, 4) is 34.1 Å². The Balaban J connectivity index is 1.63. The maximum Gasteiger partial charge on any atom is 0.231 e. The molecule has 2 aliphatic heterocycles. The SMILES string of the molecule is COc1ccc2c(c1OC)C(Nc1ncccn1)N(C)c1c-2ccc2cc3c(cc12)OCO3. The van der Waals surface area contributed by atoms with Gasteiger partial charge in [0.2, 0.25) is 12.7 Å². The van der Waals surface area contributed by atoms with Gasteiger partial charge in [0.05, 0.1) is 19.9 Å². The summed E-state index contributed by atoms with van der Waals surface area (Å²) in [6.07, 6.45) is 3.12. The molecule has 0 aliphatic carbocycles. The monoisotopic (exact) mass is 442 g/mol. The molecule has 1 atom stereocenters. The number of methoxy groups -OCH3 is 2. The molecular formula is C25H22N4O4. The molecule has 3 aromatic carbocycles. The number of nitrogens with one attached hydrogen (secondary N) is 1. The van der Waals surface area contributed by atoms with Crippen LogP contribution >= 0.6 is 0 Å². The van der Waals surface area contributed by atoms with Crippen molar-refractivity contribution in [1.29, 1.82) is 0 Å². The average Bonchev–Trinajstić information content (AvgIpc) is 3.31. The summed E-state index contributed by atoms with van der Waals surface area (Å²) in [5, 5.41) is 5.63. The van der Waals surface area contributed by atoms with Crippen LogP contribution in [0.4, 0.5) is 11.6 Å². The Labute approximate surface area is 190 Å². The number of rotatable bonds is 4. The number of hydrogen-bond acceptors (Lipinski definition) is 8. The van der Waals surface area contributed by atoms with E-state index in [2.05, 4.69) is 44.5 Å². The van der Waals surface area contributed by atoms with Gasteiger partial charge in [-0.25, -0.2) is 9.97 Å². The van der Waals surface area contributed by atoms with Crippen LogP contribution in [0.5, 0.6) is 23.0 Å². The number of aromatic nitrogens is 2.